The number of piperidine rings is 1. The van der Waals surface area contributed by atoms with E-state index in [1.807, 2.05) is 42.5 Å². The molecule has 1 unspecified atom stereocenters. The fourth-order valence-corrected chi connectivity index (χ4v) is 4.17. The smallest absolute Gasteiger partial charge is 0.310 e. The van der Waals surface area contributed by atoms with Crippen LogP contribution in [0.3, 0.4) is 0 Å². The third-order valence-electron chi connectivity index (χ3n) is 5.19. The van der Waals surface area contributed by atoms with Crippen molar-refractivity contribution >= 4 is 40.8 Å². The molecule has 0 aliphatic carbocycles. The highest BCUT2D eigenvalue weighted by Gasteiger charge is 2.26. The molecule has 1 aliphatic rings. The van der Waals surface area contributed by atoms with E-state index in [1.54, 1.807) is 6.92 Å². The van der Waals surface area contributed by atoms with Gasteiger partial charge in [0.15, 0.2) is 0 Å². The molecule has 160 valence electrons. The van der Waals surface area contributed by atoms with Crippen LogP contribution in [0.25, 0.3) is 0 Å². The number of rotatable bonds is 7. The number of esters is 1. The first-order chi connectivity index (χ1) is 14.5. The molecule has 1 aliphatic heterocycles. The van der Waals surface area contributed by atoms with Gasteiger partial charge < -0.3 is 10.1 Å². The van der Waals surface area contributed by atoms with Crippen LogP contribution < -0.4 is 5.32 Å². The van der Waals surface area contributed by atoms with Crippen molar-refractivity contribution in [1.82, 2.24) is 4.90 Å². The number of nitrogens with zero attached hydrogens (tertiary/aromatic N) is 1. The van der Waals surface area contributed by atoms with Crippen LogP contribution in [-0.2, 0) is 27.3 Å². The number of carbonyl (C=O) groups is 2. The SMILES string of the molecule is CCOC(=O)Cc1ccc(NC(=O)C2CCCN(Cc3c(Cl)cccc3Cl)C2)cc1. The van der Waals surface area contributed by atoms with E-state index in [9.17, 15) is 9.59 Å². The highest BCUT2D eigenvalue weighted by Crippen LogP contribution is 2.28. The summed E-state index contributed by atoms with van der Waals surface area (Å²) in [7, 11) is 0. The molecular formula is C23H26Cl2N2O3. The Morgan fingerprint density at radius 3 is 2.50 bits per heavy atom. The van der Waals surface area contributed by atoms with E-state index >= 15 is 0 Å². The van der Waals surface area contributed by atoms with Crippen LogP contribution >= 0.6 is 23.2 Å². The number of amides is 1. The van der Waals surface area contributed by atoms with Gasteiger partial charge in [0, 0.05) is 34.4 Å². The summed E-state index contributed by atoms with van der Waals surface area (Å²) in [5.41, 5.74) is 2.48. The third-order valence-corrected chi connectivity index (χ3v) is 5.90. The average molecular weight is 449 g/mol. The Morgan fingerprint density at radius 1 is 1.13 bits per heavy atom. The van der Waals surface area contributed by atoms with Crippen LogP contribution in [-0.4, -0.2) is 36.5 Å². The average Bonchev–Trinajstić information content (AvgIpc) is 2.73. The molecule has 0 bridgehead atoms. The van der Waals surface area contributed by atoms with Gasteiger partial charge in [-0.1, -0.05) is 41.4 Å². The van der Waals surface area contributed by atoms with Gasteiger partial charge in [-0.15, -0.1) is 0 Å². The predicted octanol–water partition coefficient (Wildman–Crippen LogP) is 4.95. The highest BCUT2D eigenvalue weighted by molar-refractivity contribution is 6.35. The first-order valence-electron chi connectivity index (χ1n) is 10.2. The molecule has 3 rings (SSSR count). The van der Waals surface area contributed by atoms with Gasteiger partial charge in [-0.2, -0.15) is 0 Å². The van der Waals surface area contributed by atoms with E-state index in [1.165, 1.54) is 0 Å². The molecule has 1 atom stereocenters. The molecule has 7 heteroatoms. The van der Waals surface area contributed by atoms with Crippen molar-refractivity contribution in [2.75, 3.05) is 25.0 Å². The third kappa shape index (κ3) is 6.21. The second kappa shape index (κ2) is 10.8. The number of ether oxygens (including phenoxy) is 1. The summed E-state index contributed by atoms with van der Waals surface area (Å²) in [4.78, 5) is 26.6. The Morgan fingerprint density at radius 2 is 1.83 bits per heavy atom. The minimum Gasteiger partial charge on any atom is -0.466 e. The number of hydrogen-bond donors (Lipinski definition) is 1. The maximum atomic E-state index is 12.8. The zero-order valence-electron chi connectivity index (χ0n) is 17.0. The lowest BCUT2D eigenvalue weighted by atomic mass is 9.96. The van der Waals surface area contributed by atoms with Crippen molar-refractivity contribution in [3.8, 4) is 0 Å². The first-order valence-corrected chi connectivity index (χ1v) is 10.9. The van der Waals surface area contributed by atoms with Gasteiger partial charge in [-0.25, -0.2) is 0 Å². The Bertz CT molecular complexity index is 866. The number of nitrogens with one attached hydrogen (secondary N) is 1. The van der Waals surface area contributed by atoms with Crippen LogP contribution in [0.1, 0.15) is 30.9 Å². The molecule has 1 amide bonds. The second-order valence-electron chi connectivity index (χ2n) is 7.44. The summed E-state index contributed by atoms with van der Waals surface area (Å²) in [5, 5.41) is 4.29. The van der Waals surface area contributed by atoms with Gasteiger partial charge in [0.05, 0.1) is 18.9 Å². The topological polar surface area (TPSA) is 58.6 Å². The number of anilines is 1. The normalized spacial score (nSPS) is 16.8. The summed E-state index contributed by atoms with van der Waals surface area (Å²) in [5.74, 6) is -0.350. The molecule has 30 heavy (non-hydrogen) atoms. The van der Waals surface area contributed by atoms with E-state index in [0.29, 0.717) is 29.7 Å². The summed E-state index contributed by atoms with van der Waals surface area (Å²) in [6.45, 7) is 4.35. The molecule has 5 nitrogen and oxygen atoms in total. The van der Waals surface area contributed by atoms with E-state index in [-0.39, 0.29) is 24.2 Å². The van der Waals surface area contributed by atoms with Gasteiger partial charge in [0.1, 0.15) is 0 Å². The Balaban J connectivity index is 1.55. The van der Waals surface area contributed by atoms with Crippen molar-refractivity contribution in [3.63, 3.8) is 0 Å². The lowest BCUT2D eigenvalue weighted by Crippen LogP contribution is -2.40. The van der Waals surface area contributed by atoms with Gasteiger partial charge in [0.25, 0.3) is 0 Å². The molecule has 1 heterocycles. The van der Waals surface area contributed by atoms with Crippen LogP contribution in [0, 0.1) is 5.92 Å². The number of carbonyl (C=O) groups excluding carboxylic acids is 2. The molecule has 1 N–H and O–H groups in total. The summed E-state index contributed by atoms with van der Waals surface area (Å²) < 4.78 is 4.96. The van der Waals surface area contributed by atoms with Crippen LogP contribution in [0.15, 0.2) is 42.5 Å². The summed E-state index contributed by atoms with van der Waals surface area (Å²) in [6.07, 6.45) is 2.02. The predicted molar refractivity (Wildman–Crippen MR) is 120 cm³/mol. The highest BCUT2D eigenvalue weighted by atomic mass is 35.5. The zero-order chi connectivity index (χ0) is 21.5. The lowest BCUT2D eigenvalue weighted by molar-refractivity contribution is -0.142. The van der Waals surface area contributed by atoms with Gasteiger partial charge >= 0.3 is 5.97 Å². The van der Waals surface area contributed by atoms with Gasteiger partial charge in [0.2, 0.25) is 5.91 Å². The minimum atomic E-state index is -0.254. The Kier molecular flexibility index (Phi) is 8.14. The van der Waals surface area contributed by atoms with E-state index in [0.717, 1.165) is 36.2 Å². The van der Waals surface area contributed by atoms with E-state index in [2.05, 4.69) is 10.2 Å². The van der Waals surface area contributed by atoms with Crippen molar-refractivity contribution in [2.24, 2.45) is 5.92 Å². The number of halogens is 2. The van der Waals surface area contributed by atoms with Gasteiger partial charge in [-0.05, 0) is 56.1 Å². The summed E-state index contributed by atoms with van der Waals surface area (Å²) >= 11 is 12.6. The van der Waals surface area contributed by atoms with E-state index < -0.39 is 0 Å². The fraction of sp³-hybridized carbons (Fsp3) is 0.391. The quantitative estimate of drug-likeness (QED) is 0.608. The number of benzene rings is 2. The second-order valence-corrected chi connectivity index (χ2v) is 8.26. The molecule has 1 saturated heterocycles. The van der Waals surface area contributed by atoms with Crippen molar-refractivity contribution in [3.05, 3.63) is 63.6 Å². The first kappa shape index (κ1) is 22.6. The molecule has 0 saturated carbocycles. The van der Waals surface area contributed by atoms with Crippen molar-refractivity contribution < 1.29 is 14.3 Å². The van der Waals surface area contributed by atoms with Crippen LogP contribution in [0.2, 0.25) is 10.0 Å². The molecular weight excluding hydrogens is 423 g/mol. The number of likely N-dealkylation sites (tertiary alicyclic amines) is 1. The molecule has 0 spiro atoms. The Hall–Kier alpha value is -2.08. The van der Waals surface area contributed by atoms with E-state index in [4.69, 9.17) is 27.9 Å². The minimum absolute atomic E-state index is 0.00287. The zero-order valence-corrected chi connectivity index (χ0v) is 18.5. The van der Waals surface area contributed by atoms with Crippen LogP contribution in [0.4, 0.5) is 5.69 Å². The molecule has 1 fully saturated rings. The van der Waals surface area contributed by atoms with Crippen LogP contribution in [0.5, 0.6) is 0 Å². The maximum absolute atomic E-state index is 12.8. The fourth-order valence-electron chi connectivity index (χ4n) is 3.65. The number of hydrogen-bond acceptors (Lipinski definition) is 4. The van der Waals surface area contributed by atoms with Gasteiger partial charge in [-0.3, -0.25) is 14.5 Å². The lowest BCUT2D eigenvalue weighted by Gasteiger charge is -2.32. The monoisotopic (exact) mass is 448 g/mol. The summed E-state index contributed by atoms with van der Waals surface area (Å²) in [6, 6.07) is 12.8. The largest absolute Gasteiger partial charge is 0.466 e. The molecule has 2 aromatic rings. The standard InChI is InChI=1S/C23H26Cl2N2O3/c1-2-30-22(28)13-16-8-10-18(11-9-16)26-23(29)17-5-4-12-27(14-17)15-19-20(24)6-3-7-21(19)25/h3,6-11,17H,2,4-5,12-15H2,1H3,(H,26,29). The molecule has 0 radical (unpaired) electrons. The molecule has 0 aromatic heterocycles. The van der Waals surface area contributed by atoms with Crippen molar-refractivity contribution in [1.29, 1.82) is 0 Å². The molecule has 2 aromatic carbocycles. The van der Waals surface area contributed by atoms with Crippen molar-refractivity contribution in [2.45, 2.75) is 32.7 Å². The Labute approximate surface area is 187 Å². The maximum Gasteiger partial charge on any atom is 0.310 e.